The maximum absolute atomic E-state index is 9.28. The van der Waals surface area contributed by atoms with Crippen molar-refractivity contribution < 1.29 is 5.11 Å². The molecule has 0 saturated carbocycles. The van der Waals surface area contributed by atoms with E-state index >= 15 is 0 Å². The van der Waals surface area contributed by atoms with Crippen molar-refractivity contribution in [1.29, 1.82) is 0 Å². The van der Waals surface area contributed by atoms with E-state index in [-0.39, 0.29) is 6.54 Å². The van der Waals surface area contributed by atoms with Gasteiger partial charge < -0.3 is 10.8 Å². The molecule has 0 aliphatic heterocycles. The molecule has 0 fully saturated rings. The minimum atomic E-state index is -0.691. The van der Waals surface area contributed by atoms with E-state index in [9.17, 15) is 5.11 Å². The zero-order chi connectivity index (χ0) is 8.27. The van der Waals surface area contributed by atoms with Crippen LogP contribution in [0.2, 0.25) is 0 Å². The molecular weight excluding hydrogens is 142 g/mol. The molecule has 0 bridgehead atoms. The number of aliphatic hydroxyl groups is 1. The van der Waals surface area contributed by atoms with E-state index in [1.807, 2.05) is 0 Å². The molecule has 3 N–H and O–H groups in total. The molecule has 11 heavy (non-hydrogen) atoms. The largest absolute Gasteiger partial charge is 0.385 e. The lowest BCUT2D eigenvalue weighted by molar-refractivity contribution is 0.180. The Morgan fingerprint density at radius 2 is 2.18 bits per heavy atom. The summed E-state index contributed by atoms with van der Waals surface area (Å²) in [4.78, 5) is 7.93. The third kappa shape index (κ3) is 1.72. The minimum Gasteiger partial charge on any atom is -0.385 e. The van der Waals surface area contributed by atoms with Gasteiger partial charge in [0.25, 0.3) is 0 Å². The summed E-state index contributed by atoms with van der Waals surface area (Å²) in [6.07, 6.45) is 2.44. The molecule has 0 aliphatic rings. The molecule has 0 amide bonds. The number of aromatic nitrogens is 2. The Balaban J connectivity index is 2.93. The highest BCUT2D eigenvalue weighted by Crippen LogP contribution is 2.09. The molecule has 0 aromatic carbocycles. The van der Waals surface area contributed by atoms with E-state index in [0.717, 1.165) is 5.69 Å². The second-order valence-electron chi connectivity index (χ2n) is 2.28. The fraction of sp³-hybridized carbons (Fsp3) is 0.429. The van der Waals surface area contributed by atoms with Crippen molar-refractivity contribution in [3.8, 4) is 0 Å². The Hall–Kier alpha value is -1.00. The lowest BCUT2D eigenvalue weighted by atomic mass is 10.2. The van der Waals surface area contributed by atoms with Gasteiger partial charge in [-0.15, -0.1) is 0 Å². The van der Waals surface area contributed by atoms with Crippen molar-refractivity contribution in [2.45, 2.75) is 13.0 Å². The van der Waals surface area contributed by atoms with Crippen LogP contribution in [0, 0.1) is 6.92 Å². The number of aryl methyl sites for hydroxylation is 1. The topological polar surface area (TPSA) is 72.0 Å². The second-order valence-corrected chi connectivity index (χ2v) is 2.28. The van der Waals surface area contributed by atoms with Gasteiger partial charge in [-0.25, -0.2) is 0 Å². The van der Waals surface area contributed by atoms with Crippen molar-refractivity contribution in [2.75, 3.05) is 6.54 Å². The summed E-state index contributed by atoms with van der Waals surface area (Å²) >= 11 is 0. The van der Waals surface area contributed by atoms with Crippen molar-refractivity contribution >= 4 is 0 Å². The quantitative estimate of drug-likeness (QED) is 0.616. The average molecular weight is 153 g/mol. The fourth-order valence-electron chi connectivity index (χ4n) is 0.857. The maximum Gasteiger partial charge on any atom is 0.110 e. The standard InChI is InChI=1S/C7H11N3O/c1-5-7(6(11)4-8)10-3-2-9-5/h2-3,6,11H,4,8H2,1H3. The van der Waals surface area contributed by atoms with Gasteiger partial charge in [0, 0.05) is 18.9 Å². The van der Waals surface area contributed by atoms with Crippen LogP contribution >= 0.6 is 0 Å². The third-order valence-corrected chi connectivity index (χ3v) is 1.46. The molecule has 1 unspecified atom stereocenters. The Morgan fingerprint density at radius 1 is 1.55 bits per heavy atom. The van der Waals surface area contributed by atoms with Gasteiger partial charge in [0.2, 0.25) is 0 Å². The van der Waals surface area contributed by atoms with Crippen LogP contribution in [0.3, 0.4) is 0 Å². The van der Waals surface area contributed by atoms with Gasteiger partial charge in [0.15, 0.2) is 0 Å². The first-order valence-electron chi connectivity index (χ1n) is 3.41. The summed E-state index contributed by atoms with van der Waals surface area (Å²) in [5, 5.41) is 9.28. The van der Waals surface area contributed by atoms with Crippen molar-refractivity contribution in [3.63, 3.8) is 0 Å². The molecule has 0 aliphatic carbocycles. The van der Waals surface area contributed by atoms with Crippen LogP contribution < -0.4 is 5.73 Å². The fourth-order valence-corrected chi connectivity index (χ4v) is 0.857. The summed E-state index contributed by atoms with van der Waals surface area (Å²) in [6, 6.07) is 0. The highest BCUT2D eigenvalue weighted by molar-refractivity contribution is 5.11. The molecule has 1 atom stereocenters. The Labute approximate surface area is 65.1 Å². The SMILES string of the molecule is Cc1nccnc1C(O)CN. The predicted molar refractivity (Wildman–Crippen MR) is 40.8 cm³/mol. The summed E-state index contributed by atoms with van der Waals surface area (Å²) in [7, 11) is 0. The van der Waals surface area contributed by atoms with E-state index < -0.39 is 6.10 Å². The first-order chi connectivity index (χ1) is 5.25. The highest BCUT2D eigenvalue weighted by atomic mass is 16.3. The first kappa shape index (κ1) is 8.10. The van der Waals surface area contributed by atoms with Gasteiger partial charge in [-0.05, 0) is 6.92 Å². The highest BCUT2D eigenvalue weighted by Gasteiger charge is 2.09. The normalized spacial score (nSPS) is 13.0. The smallest absolute Gasteiger partial charge is 0.110 e. The Morgan fingerprint density at radius 3 is 2.73 bits per heavy atom. The van der Waals surface area contributed by atoms with Gasteiger partial charge in [0.05, 0.1) is 11.4 Å². The summed E-state index contributed by atoms with van der Waals surface area (Å²) in [5.74, 6) is 0. The molecule has 1 heterocycles. The monoisotopic (exact) mass is 153 g/mol. The summed E-state index contributed by atoms with van der Waals surface area (Å²) in [5.41, 5.74) is 6.55. The molecule has 1 aromatic rings. The molecule has 1 rings (SSSR count). The van der Waals surface area contributed by atoms with Gasteiger partial charge in [-0.1, -0.05) is 0 Å². The molecule has 0 spiro atoms. The van der Waals surface area contributed by atoms with Gasteiger partial charge >= 0.3 is 0 Å². The van der Waals surface area contributed by atoms with Crippen molar-refractivity contribution in [2.24, 2.45) is 5.73 Å². The number of nitrogens with zero attached hydrogens (tertiary/aromatic N) is 2. The van der Waals surface area contributed by atoms with Crippen LogP contribution in [-0.4, -0.2) is 21.6 Å². The molecule has 1 aromatic heterocycles. The predicted octanol–water partition coefficient (Wildman–Crippen LogP) is -0.223. The average Bonchev–Trinajstić information content (AvgIpc) is 2.04. The lowest BCUT2D eigenvalue weighted by Crippen LogP contribution is -2.14. The molecule has 0 radical (unpaired) electrons. The van der Waals surface area contributed by atoms with Crippen LogP contribution in [-0.2, 0) is 0 Å². The molecule has 4 nitrogen and oxygen atoms in total. The Kier molecular flexibility index (Phi) is 2.51. The van der Waals surface area contributed by atoms with E-state index in [0.29, 0.717) is 5.69 Å². The molecule has 0 saturated heterocycles. The van der Waals surface area contributed by atoms with Crippen molar-refractivity contribution in [1.82, 2.24) is 9.97 Å². The van der Waals surface area contributed by atoms with Crippen LogP contribution in [0.25, 0.3) is 0 Å². The third-order valence-electron chi connectivity index (χ3n) is 1.46. The first-order valence-corrected chi connectivity index (χ1v) is 3.41. The zero-order valence-corrected chi connectivity index (χ0v) is 6.36. The number of aliphatic hydroxyl groups excluding tert-OH is 1. The molecule has 60 valence electrons. The van der Waals surface area contributed by atoms with Gasteiger partial charge in [-0.2, -0.15) is 0 Å². The Bertz CT molecular complexity index is 239. The maximum atomic E-state index is 9.28. The summed E-state index contributed by atoms with van der Waals surface area (Å²) < 4.78 is 0. The number of nitrogens with two attached hydrogens (primary N) is 1. The van der Waals surface area contributed by atoms with Crippen LogP contribution in [0.1, 0.15) is 17.5 Å². The van der Waals surface area contributed by atoms with Crippen LogP contribution in [0.4, 0.5) is 0 Å². The van der Waals surface area contributed by atoms with Crippen LogP contribution in [0.5, 0.6) is 0 Å². The van der Waals surface area contributed by atoms with Crippen molar-refractivity contribution in [3.05, 3.63) is 23.8 Å². The molecular formula is C7H11N3O. The number of rotatable bonds is 2. The van der Waals surface area contributed by atoms with Gasteiger partial charge in [0.1, 0.15) is 6.10 Å². The zero-order valence-electron chi connectivity index (χ0n) is 6.36. The number of hydrogen-bond donors (Lipinski definition) is 2. The lowest BCUT2D eigenvalue weighted by Gasteiger charge is -2.07. The van der Waals surface area contributed by atoms with E-state index in [1.165, 1.54) is 0 Å². The van der Waals surface area contributed by atoms with Gasteiger partial charge in [-0.3, -0.25) is 9.97 Å². The molecule has 4 heteroatoms. The summed E-state index contributed by atoms with van der Waals surface area (Å²) in [6.45, 7) is 1.97. The van der Waals surface area contributed by atoms with E-state index in [2.05, 4.69) is 9.97 Å². The minimum absolute atomic E-state index is 0.180. The number of hydrogen-bond acceptors (Lipinski definition) is 4. The second kappa shape index (κ2) is 3.41. The van der Waals surface area contributed by atoms with Crippen LogP contribution in [0.15, 0.2) is 12.4 Å². The van der Waals surface area contributed by atoms with E-state index in [4.69, 9.17) is 5.73 Å². The van der Waals surface area contributed by atoms with E-state index in [1.54, 1.807) is 19.3 Å².